The Labute approximate surface area is 138 Å². The molecule has 0 fully saturated rings. The summed E-state index contributed by atoms with van der Waals surface area (Å²) in [5.41, 5.74) is 7.50. The molecule has 0 atom stereocenters. The van der Waals surface area contributed by atoms with E-state index in [0.29, 0.717) is 6.54 Å². The largest absolute Gasteiger partial charge is 0.633 e. The van der Waals surface area contributed by atoms with Gasteiger partial charge >= 0.3 is 0 Å². The highest BCUT2D eigenvalue weighted by atomic mass is 16.5. The monoisotopic (exact) mass is 305 g/mol. The smallest absolute Gasteiger partial charge is 0.0815 e. The van der Waals surface area contributed by atoms with E-state index in [0.717, 1.165) is 6.42 Å². The number of nitrogens with zero attached hydrogens (tertiary/aromatic N) is 1. The maximum absolute atomic E-state index is 11.9. The van der Waals surface area contributed by atoms with Crippen LogP contribution in [-0.4, -0.2) is 25.3 Å². The van der Waals surface area contributed by atoms with Crippen LogP contribution < -0.4 is 0 Å². The molecule has 2 aromatic carbocycles. The second kappa shape index (κ2) is 6.15. The summed E-state index contributed by atoms with van der Waals surface area (Å²) < 4.78 is -0.260. The summed E-state index contributed by atoms with van der Waals surface area (Å²) in [7, 11) is 3.39. The fourth-order valence-corrected chi connectivity index (χ4v) is 3.08. The van der Waals surface area contributed by atoms with Crippen molar-refractivity contribution >= 4 is 17.7 Å². The summed E-state index contributed by atoms with van der Waals surface area (Å²) in [6.45, 7) is 2.73. The maximum Gasteiger partial charge on any atom is 0.0815 e. The van der Waals surface area contributed by atoms with Gasteiger partial charge in [0, 0.05) is 6.42 Å². The zero-order valence-electron chi connectivity index (χ0n) is 14.0. The van der Waals surface area contributed by atoms with Gasteiger partial charge in [-0.05, 0) is 40.3 Å². The van der Waals surface area contributed by atoms with Gasteiger partial charge in [-0.1, -0.05) is 60.7 Å². The number of aryl methyl sites for hydroxylation is 1. The normalized spacial score (nSPS) is 15.2. The SMILES string of the molecule is Cc1cccc2c1C=Cc1ccccc1C2=CCC[N+](C)(C)[O-]. The summed E-state index contributed by atoms with van der Waals surface area (Å²) in [6, 6.07) is 14.9. The Balaban J connectivity index is 2.12. The summed E-state index contributed by atoms with van der Waals surface area (Å²) in [4.78, 5) is 0. The Morgan fingerprint density at radius 3 is 2.48 bits per heavy atom. The fraction of sp³-hybridized carbons (Fsp3) is 0.238. The molecule has 1 aliphatic rings. The highest BCUT2D eigenvalue weighted by molar-refractivity contribution is 5.94. The molecule has 0 bridgehead atoms. The van der Waals surface area contributed by atoms with E-state index in [4.69, 9.17) is 0 Å². The van der Waals surface area contributed by atoms with Crippen molar-refractivity contribution in [3.63, 3.8) is 0 Å². The third-order valence-electron chi connectivity index (χ3n) is 4.31. The fourth-order valence-electron chi connectivity index (χ4n) is 3.08. The minimum atomic E-state index is -0.260. The van der Waals surface area contributed by atoms with Crippen molar-refractivity contribution in [2.45, 2.75) is 13.3 Å². The van der Waals surface area contributed by atoms with Crippen LogP contribution in [-0.2, 0) is 0 Å². The molecule has 2 heteroatoms. The van der Waals surface area contributed by atoms with Gasteiger partial charge < -0.3 is 9.85 Å². The summed E-state index contributed by atoms with van der Waals surface area (Å²) in [6.07, 6.45) is 7.39. The first-order valence-corrected chi connectivity index (χ1v) is 8.07. The van der Waals surface area contributed by atoms with Crippen molar-refractivity contribution in [1.82, 2.24) is 0 Å². The highest BCUT2D eigenvalue weighted by Gasteiger charge is 2.15. The summed E-state index contributed by atoms with van der Waals surface area (Å²) in [5.74, 6) is 0. The van der Waals surface area contributed by atoms with Crippen LogP contribution in [0.4, 0.5) is 0 Å². The van der Waals surface area contributed by atoms with E-state index in [-0.39, 0.29) is 4.65 Å². The molecule has 2 aromatic rings. The predicted molar refractivity (Wildman–Crippen MR) is 98.6 cm³/mol. The first-order valence-electron chi connectivity index (χ1n) is 8.07. The van der Waals surface area contributed by atoms with E-state index in [1.54, 1.807) is 14.1 Å². The summed E-state index contributed by atoms with van der Waals surface area (Å²) in [5, 5.41) is 11.9. The maximum atomic E-state index is 11.9. The van der Waals surface area contributed by atoms with E-state index in [9.17, 15) is 5.21 Å². The molecular formula is C21H23NO. The van der Waals surface area contributed by atoms with Gasteiger partial charge in [0.25, 0.3) is 0 Å². The number of hydrogen-bond donors (Lipinski definition) is 0. The number of hydrogen-bond acceptors (Lipinski definition) is 1. The van der Waals surface area contributed by atoms with Crippen LogP contribution in [0.15, 0.2) is 48.5 Å². The minimum Gasteiger partial charge on any atom is -0.633 e. The minimum absolute atomic E-state index is 0.260. The van der Waals surface area contributed by atoms with Gasteiger partial charge in [0.2, 0.25) is 0 Å². The van der Waals surface area contributed by atoms with Crippen LogP contribution >= 0.6 is 0 Å². The molecular weight excluding hydrogens is 282 g/mol. The second-order valence-corrected chi connectivity index (χ2v) is 6.66. The standard InChI is InChI=1S/C21H23NO/c1-16-8-6-11-20-18(16)14-13-17-9-4-5-10-19(17)21(20)12-7-15-22(2,3)23/h4-6,8-14H,7,15H2,1-3H3. The lowest BCUT2D eigenvalue weighted by molar-refractivity contribution is -0.839. The van der Waals surface area contributed by atoms with E-state index in [1.165, 1.54) is 33.4 Å². The van der Waals surface area contributed by atoms with E-state index < -0.39 is 0 Å². The molecule has 0 N–H and O–H groups in total. The molecule has 2 nitrogen and oxygen atoms in total. The van der Waals surface area contributed by atoms with E-state index in [2.05, 4.69) is 67.6 Å². The molecule has 0 heterocycles. The van der Waals surface area contributed by atoms with Crippen molar-refractivity contribution in [3.05, 3.63) is 81.6 Å². The zero-order valence-corrected chi connectivity index (χ0v) is 14.0. The average molecular weight is 305 g/mol. The lowest BCUT2D eigenvalue weighted by Gasteiger charge is -2.33. The van der Waals surface area contributed by atoms with Crippen LogP contribution in [0.3, 0.4) is 0 Å². The Kier molecular flexibility index (Phi) is 4.20. The molecule has 0 radical (unpaired) electrons. The Morgan fingerprint density at radius 2 is 1.70 bits per heavy atom. The lowest BCUT2D eigenvalue weighted by Crippen LogP contribution is -2.32. The predicted octanol–water partition coefficient (Wildman–Crippen LogP) is 4.87. The quantitative estimate of drug-likeness (QED) is 0.500. The van der Waals surface area contributed by atoms with Crippen molar-refractivity contribution in [2.75, 3.05) is 20.6 Å². The van der Waals surface area contributed by atoms with Crippen LogP contribution in [0, 0.1) is 12.1 Å². The zero-order chi connectivity index (χ0) is 16.4. The number of quaternary nitrogens is 1. The summed E-state index contributed by atoms with van der Waals surface area (Å²) >= 11 is 0. The van der Waals surface area contributed by atoms with Crippen LogP contribution in [0.5, 0.6) is 0 Å². The van der Waals surface area contributed by atoms with Gasteiger partial charge in [0.1, 0.15) is 0 Å². The van der Waals surface area contributed by atoms with Gasteiger partial charge in [-0.25, -0.2) is 0 Å². The molecule has 1 aliphatic carbocycles. The van der Waals surface area contributed by atoms with Gasteiger partial charge in [0.15, 0.2) is 0 Å². The van der Waals surface area contributed by atoms with Gasteiger partial charge in [-0.15, -0.1) is 0 Å². The molecule has 0 aliphatic heterocycles. The number of fused-ring (bicyclic) bond motifs is 2. The molecule has 0 saturated heterocycles. The van der Waals surface area contributed by atoms with Crippen molar-refractivity contribution in [1.29, 1.82) is 0 Å². The van der Waals surface area contributed by atoms with E-state index in [1.807, 2.05) is 0 Å². The topological polar surface area (TPSA) is 23.1 Å². The van der Waals surface area contributed by atoms with Crippen molar-refractivity contribution in [3.8, 4) is 0 Å². The third-order valence-corrected chi connectivity index (χ3v) is 4.31. The average Bonchev–Trinajstić information content (AvgIpc) is 2.65. The van der Waals surface area contributed by atoms with Crippen molar-refractivity contribution in [2.24, 2.45) is 0 Å². The first kappa shape index (κ1) is 15.7. The lowest BCUT2D eigenvalue weighted by atomic mass is 9.91. The van der Waals surface area contributed by atoms with Crippen LogP contribution in [0.1, 0.15) is 34.2 Å². The highest BCUT2D eigenvalue weighted by Crippen LogP contribution is 2.35. The number of hydroxylamine groups is 3. The Bertz CT molecular complexity index is 779. The molecule has 0 amide bonds. The van der Waals surface area contributed by atoms with Gasteiger partial charge in [-0.3, -0.25) is 0 Å². The molecule has 0 unspecified atom stereocenters. The van der Waals surface area contributed by atoms with Crippen LogP contribution in [0.25, 0.3) is 17.7 Å². The third kappa shape index (κ3) is 3.44. The molecule has 0 spiro atoms. The molecule has 0 aromatic heterocycles. The number of rotatable bonds is 3. The van der Waals surface area contributed by atoms with Crippen molar-refractivity contribution < 1.29 is 4.65 Å². The molecule has 0 saturated carbocycles. The Hall–Kier alpha value is -2.16. The van der Waals surface area contributed by atoms with Crippen LogP contribution in [0.2, 0.25) is 0 Å². The first-order chi connectivity index (χ1) is 11.0. The molecule has 3 rings (SSSR count). The molecule has 23 heavy (non-hydrogen) atoms. The van der Waals surface area contributed by atoms with E-state index >= 15 is 0 Å². The van der Waals surface area contributed by atoms with Gasteiger partial charge in [-0.2, -0.15) is 0 Å². The van der Waals surface area contributed by atoms with Gasteiger partial charge in [0.05, 0.1) is 20.6 Å². The Morgan fingerprint density at radius 1 is 0.957 bits per heavy atom. The second-order valence-electron chi connectivity index (χ2n) is 6.66. The molecule has 118 valence electrons. The number of benzene rings is 2.